The van der Waals surface area contributed by atoms with Crippen LogP contribution < -0.4 is 4.90 Å². The third-order valence-corrected chi connectivity index (χ3v) is 3.62. The van der Waals surface area contributed by atoms with Gasteiger partial charge in [0.15, 0.2) is 5.69 Å². The summed E-state index contributed by atoms with van der Waals surface area (Å²) >= 11 is 0. The Morgan fingerprint density at radius 3 is 2.89 bits per heavy atom. The van der Waals surface area contributed by atoms with Crippen LogP contribution in [-0.4, -0.2) is 23.1 Å². The third-order valence-electron chi connectivity index (χ3n) is 3.62. The molecule has 1 unspecified atom stereocenters. The number of anilines is 1. The van der Waals surface area contributed by atoms with E-state index in [1.54, 1.807) is 12.4 Å². The summed E-state index contributed by atoms with van der Waals surface area (Å²) in [6, 6.07) is 2.00. The van der Waals surface area contributed by atoms with Crippen molar-refractivity contribution in [1.29, 1.82) is 5.26 Å². The molecule has 0 N–H and O–H groups in total. The predicted octanol–water partition coefficient (Wildman–Crippen LogP) is 2.75. The fourth-order valence-corrected chi connectivity index (χ4v) is 2.63. The molecule has 96 valence electrons. The Morgan fingerprint density at radius 2 is 2.22 bits per heavy atom. The lowest BCUT2D eigenvalue weighted by Gasteiger charge is -2.21. The average Bonchev–Trinajstić information content (AvgIpc) is 2.65. The van der Waals surface area contributed by atoms with Gasteiger partial charge in [-0.2, -0.15) is 5.26 Å². The first kappa shape index (κ1) is 12.8. The summed E-state index contributed by atoms with van der Waals surface area (Å²) < 4.78 is 0. The lowest BCUT2D eigenvalue weighted by atomic mass is 9.96. The molecule has 18 heavy (non-hydrogen) atoms. The van der Waals surface area contributed by atoms with Crippen molar-refractivity contribution in [3.8, 4) is 6.07 Å². The minimum Gasteiger partial charge on any atom is -0.355 e. The second kappa shape index (κ2) is 6.34. The lowest BCUT2D eigenvalue weighted by Crippen LogP contribution is -2.25. The van der Waals surface area contributed by atoms with Crippen LogP contribution in [0.15, 0.2) is 12.4 Å². The van der Waals surface area contributed by atoms with Gasteiger partial charge in [0.25, 0.3) is 0 Å². The monoisotopic (exact) mass is 244 g/mol. The Kier molecular flexibility index (Phi) is 4.52. The van der Waals surface area contributed by atoms with Crippen molar-refractivity contribution in [2.75, 3.05) is 18.0 Å². The van der Waals surface area contributed by atoms with Crippen molar-refractivity contribution in [3.05, 3.63) is 18.1 Å². The summed E-state index contributed by atoms with van der Waals surface area (Å²) in [4.78, 5) is 10.7. The molecule has 4 nitrogen and oxygen atoms in total. The Balaban J connectivity index is 1.98. The Labute approximate surface area is 109 Å². The molecule has 0 aromatic carbocycles. The molecule has 1 aliphatic heterocycles. The molecule has 1 atom stereocenters. The van der Waals surface area contributed by atoms with E-state index >= 15 is 0 Å². The highest BCUT2D eigenvalue weighted by atomic mass is 15.2. The topological polar surface area (TPSA) is 52.8 Å². The number of nitrogens with zero attached hydrogens (tertiary/aromatic N) is 4. The van der Waals surface area contributed by atoms with Crippen LogP contribution in [-0.2, 0) is 0 Å². The van der Waals surface area contributed by atoms with Gasteiger partial charge in [0.1, 0.15) is 11.9 Å². The highest BCUT2D eigenvalue weighted by Gasteiger charge is 2.17. The van der Waals surface area contributed by atoms with Gasteiger partial charge in [0.2, 0.25) is 0 Å². The first-order valence-corrected chi connectivity index (χ1v) is 6.80. The molecule has 1 aromatic heterocycles. The predicted molar refractivity (Wildman–Crippen MR) is 71.2 cm³/mol. The molecule has 0 saturated carbocycles. The standard InChI is InChI=1S/C14H20N4/c1-2-4-12-5-3-7-18(8-6-12)14-11-16-13(9-15)10-17-14/h10-12H,2-8H2,1H3. The minimum atomic E-state index is 0.387. The van der Waals surface area contributed by atoms with E-state index in [0.717, 1.165) is 24.8 Å². The molecule has 0 bridgehead atoms. The molecular weight excluding hydrogens is 224 g/mol. The molecule has 1 aliphatic rings. The van der Waals surface area contributed by atoms with Crippen LogP contribution >= 0.6 is 0 Å². The van der Waals surface area contributed by atoms with E-state index in [1.807, 2.05) is 6.07 Å². The van der Waals surface area contributed by atoms with Crippen LogP contribution in [0.4, 0.5) is 5.82 Å². The van der Waals surface area contributed by atoms with Crippen LogP contribution in [0.1, 0.15) is 44.7 Å². The second-order valence-electron chi connectivity index (χ2n) is 4.94. The summed E-state index contributed by atoms with van der Waals surface area (Å²) in [7, 11) is 0. The van der Waals surface area contributed by atoms with Crippen LogP contribution in [0.3, 0.4) is 0 Å². The van der Waals surface area contributed by atoms with Crippen molar-refractivity contribution in [3.63, 3.8) is 0 Å². The lowest BCUT2D eigenvalue weighted by molar-refractivity contribution is 0.435. The number of hydrogen-bond acceptors (Lipinski definition) is 4. The van der Waals surface area contributed by atoms with Gasteiger partial charge in [-0.05, 0) is 25.2 Å². The molecule has 2 heterocycles. The molecule has 1 fully saturated rings. The molecular formula is C14H20N4. The molecule has 0 amide bonds. The van der Waals surface area contributed by atoms with E-state index in [-0.39, 0.29) is 0 Å². The van der Waals surface area contributed by atoms with Gasteiger partial charge >= 0.3 is 0 Å². The average molecular weight is 244 g/mol. The smallest absolute Gasteiger partial charge is 0.158 e. The zero-order chi connectivity index (χ0) is 12.8. The maximum Gasteiger partial charge on any atom is 0.158 e. The molecule has 1 saturated heterocycles. The third kappa shape index (κ3) is 3.19. The molecule has 1 aromatic rings. The van der Waals surface area contributed by atoms with Crippen LogP contribution in [0, 0.1) is 17.2 Å². The summed E-state index contributed by atoms with van der Waals surface area (Å²) in [6.45, 7) is 4.38. The molecule has 4 heteroatoms. The largest absolute Gasteiger partial charge is 0.355 e. The Hall–Kier alpha value is -1.63. The Bertz CT molecular complexity index is 407. The maximum absolute atomic E-state index is 8.71. The quantitative estimate of drug-likeness (QED) is 0.820. The summed E-state index contributed by atoms with van der Waals surface area (Å²) in [5.41, 5.74) is 0.387. The fourth-order valence-electron chi connectivity index (χ4n) is 2.63. The SMILES string of the molecule is CCCC1CCCN(c2cnc(C#N)cn2)CC1. The van der Waals surface area contributed by atoms with E-state index in [2.05, 4.69) is 21.8 Å². The van der Waals surface area contributed by atoms with Crippen molar-refractivity contribution in [1.82, 2.24) is 9.97 Å². The Morgan fingerprint density at radius 1 is 1.33 bits per heavy atom. The number of aromatic nitrogens is 2. The zero-order valence-corrected chi connectivity index (χ0v) is 11.0. The van der Waals surface area contributed by atoms with E-state index in [4.69, 9.17) is 5.26 Å². The molecule has 0 spiro atoms. The number of nitriles is 1. The molecule has 0 aliphatic carbocycles. The summed E-state index contributed by atoms with van der Waals surface area (Å²) in [6.07, 6.45) is 9.70. The van der Waals surface area contributed by atoms with E-state index in [1.165, 1.54) is 32.1 Å². The van der Waals surface area contributed by atoms with Crippen molar-refractivity contribution in [2.45, 2.75) is 39.0 Å². The highest BCUT2D eigenvalue weighted by Crippen LogP contribution is 2.24. The van der Waals surface area contributed by atoms with Gasteiger partial charge < -0.3 is 4.90 Å². The van der Waals surface area contributed by atoms with Crippen LogP contribution in [0.2, 0.25) is 0 Å². The van der Waals surface area contributed by atoms with Crippen molar-refractivity contribution < 1.29 is 0 Å². The van der Waals surface area contributed by atoms with Gasteiger partial charge in [0.05, 0.1) is 12.4 Å². The first-order chi connectivity index (χ1) is 8.83. The van der Waals surface area contributed by atoms with Gasteiger partial charge in [-0.1, -0.05) is 19.8 Å². The van der Waals surface area contributed by atoms with Gasteiger partial charge in [-0.3, -0.25) is 0 Å². The van der Waals surface area contributed by atoms with Gasteiger partial charge in [-0.25, -0.2) is 9.97 Å². The fraction of sp³-hybridized carbons (Fsp3) is 0.643. The molecule has 0 radical (unpaired) electrons. The normalized spacial score (nSPS) is 20.2. The number of hydrogen-bond donors (Lipinski definition) is 0. The molecule has 2 rings (SSSR count). The first-order valence-electron chi connectivity index (χ1n) is 6.80. The van der Waals surface area contributed by atoms with Crippen molar-refractivity contribution in [2.24, 2.45) is 5.92 Å². The summed E-state index contributed by atoms with van der Waals surface area (Å²) in [5, 5.41) is 8.71. The second-order valence-corrected chi connectivity index (χ2v) is 4.94. The maximum atomic E-state index is 8.71. The van der Waals surface area contributed by atoms with E-state index in [9.17, 15) is 0 Å². The van der Waals surface area contributed by atoms with Crippen molar-refractivity contribution >= 4 is 5.82 Å². The van der Waals surface area contributed by atoms with Crippen LogP contribution in [0.25, 0.3) is 0 Å². The van der Waals surface area contributed by atoms with Gasteiger partial charge in [0, 0.05) is 13.1 Å². The van der Waals surface area contributed by atoms with Crippen LogP contribution in [0.5, 0.6) is 0 Å². The highest BCUT2D eigenvalue weighted by molar-refractivity contribution is 5.37. The van der Waals surface area contributed by atoms with E-state index in [0.29, 0.717) is 5.69 Å². The number of rotatable bonds is 3. The minimum absolute atomic E-state index is 0.387. The summed E-state index contributed by atoms with van der Waals surface area (Å²) in [5.74, 6) is 1.78. The van der Waals surface area contributed by atoms with E-state index < -0.39 is 0 Å². The zero-order valence-electron chi connectivity index (χ0n) is 11.0. The van der Waals surface area contributed by atoms with Gasteiger partial charge in [-0.15, -0.1) is 0 Å².